The molecule has 0 aliphatic heterocycles. The highest BCUT2D eigenvalue weighted by molar-refractivity contribution is 8.00. The number of thioether (sulfide) groups is 1. The smallest absolute Gasteiger partial charge is 0.237 e. The van der Waals surface area contributed by atoms with Crippen LogP contribution < -0.4 is 5.32 Å². The van der Waals surface area contributed by atoms with Crippen molar-refractivity contribution in [2.75, 3.05) is 5.32 Å². The maximum absolute atomic E-state index is 12.4. The Balaban J connectivity index is 1.69. The van der Waals surface area contributed by atoms with Crippen LogP contribution >= 0.6 is 11.8 Å². The van der Waals surface area contributed by atoms with Gasteiger partial charge < -0.3 is 5.32 Å². The van der Waals surface area contributed by atoms with Crippen molar-refractivity contribution in [1.82, 2.24) is 4.98 Å². The molecule has 3 aromatic rings. The Kier molecular flexibility index (Phi) is 5.14. The number of rotatable bonds is 5. The fraction of sp³-hybridized carbons (Fsp3) is 0.150. The van der Waals surface area contributed by atoms with Crippen LogP contribution in [0.1, 0.15) is 24.2 Å². The van der Waals surface area contributed by atoms with Crippen LogP contribution in [0.5, 0.6) is 0 Å². The first kappa shape index (κ1) is 17.2. The van der Waals surface area contributed by atoms with E-state index in [9.17, 15) is 9.59 Å². The predicted octanol–water partition coefficient (Wildman–Crippen LogP) is 4.56. The molecule has 126 valence electrons. The maximum Gasteiger partial charge on any atom is 0.237 e. The molecule has 1 N–H and O–H groups in total. The van der Waals surface area contributed by atoms with Gasteiger partial charge in [0.05, 0.1) is 15.8 Å². The summed E-state index contributed by atoms with van der Waals surface area (Å²) in [7, 11) is 0. The molecular weight excluding hydrogens is 332 g/mol. The zero-order valence-electron chi connectivity index (χ0n) is 14.0. The molecule has 0 aliphatic rings. The summed E-state index contributed by atoms with van der Waals surface area (Å²) in [6.45, 7) is 3.34. The molecule has 0 saturated carbocycles. The summed E-state index contributed by atoms with van der Waals surface area (Å²) >= 11 is 1.41. The van der Waals surface area contributed by atoms with Crippen molar-refractivity contribution in [2.24, 2.45) is 0 Å². The number of aromatic nitrogens is 1. The van der Waals surface area contributed by atoms with E-state index in [2.05, 4.69) is 10.3 Å². The lowest BCUT2D eigenvalue weighted by Crippen LogP contribution is -2.22. The lowest BCUT2D eigenvalue weighted by molar-refractivity contribution is -0.115. The molecule has 0 saturated heterocycles. The molecule has 5 heteroatoms. The largest absolute Gasteiger partial charge is 0.325 e. The fourth-order valence-electron chi connectivity index (χ4n) is 2.41. The summed E-state index contributed by atoms with van der Waals surface area (Å²) < 4.78 is 0. The first-order chi connectivity index (χ1) is 12.0. The van der Waals surface area contributed by atoms with E-state index < -0.39 is 0 Å². The molecule has 0 bridgehead atoms. The Morgan fingerprint density at radius 2 is 1.84 bits per heavy atom. The second-order valence-electron chi connectivity index (χ2n) is 5.73. The minimum atomic E-state index is -0.311. The number of fused-ring (bicyclic) bond motifs is 1. The van der Waals surface area contributed by atoms with Crippen LogP contribution in [-0.4, -0.2) is 21.9 Å². The van der Waals surface area contributed by atoms with Crippen molar-refractivity contribution in [3.63, 3.8) is 0 Å². The Hall–Kier alpha value is -2.66. The van der Waals surface area contributed by atoms with Crippen molar-refractivity contribution in [2.45, 2.75) is 24.1 Å². The number of nitrogens with one attached hydrogen (secondary N) is 1. The van der Waals surface area contributed by atoms with Gasteiger partial charge in [0, 0.05) is 16.6 Å². The third kappa shape index (κ3) is 4.25. The number of carbonyl (C=O) groups is 2. The quantitative estimate of drug-likeness (QED) is 0.541. The van der Waals surface area contributed by atoms with E-state index in [0.29, 0.717) is 11.3 Å². The number of anilines is 1. The second kappa shape index (κ2) is 7.49. The summed E-state index contributed by atoms with van der Waals surface area (Å²) in [4.78, 5) is 28.4. The molecule has 0 spiro atoms. The Bertz CT molecular complexity index is 940. The van der Waals surface area contributed by atoms with Crippen LogP contribution in [-0.2, 0) is 4.79 Å². The van der Waals surface area contributed by atoms with Crippen molar-refractivity contribution in [1.29, 1.82) is 0 Å². The average molecular weight is 350 g/mol. The SMILES string of the molecule is CC(=O)c1cccc(NC(=O)C(C)Sc2ccc3ccccc3n2)c1. The third-order valence-electron chi connectivity index (χ3n) is 3.78. The number of hydrogen-bond donors (Lipinski definition) is 1. The molecule has 1 aromatic heterocycles. The van der Waals surface area contributed by atoms with Gasteiger partial charge in [0.1, 0.15) is 0 Å². The fourth-order valence-corrected chi connectivity index (χ4v) is 3.23. The summed E-state index contributed by atoms with van der Waals surface area (Å²) in [5.41, 5.74) is 2.11. The van der Waals surface area contributed by atoms with Gasteiger partial charge in [0.15, 0.2) is 5.78 Å². The zero-order chi connectivity index (χ0) is 17.8. The van der Waals surface area contributed by atoms with E-state index in [1.165, 1.54) is 18.7 Å². The number of pyridine rings is 1. The van der Waals surface area contributed by atoms with Crippen molar-refractivity contribution >= 4 is 40.0 Å². The van der Waals surface area contributed by atoms with Crippen LogP contribution in [0.15, 0.2) is 65.7 Å². The molecule has 0 aliphatic carbocycles. The first-order valence-electron chi connectivity index (χ1n) is 7.97. The van der Waals surface area contributed by atoms with Gasteiger partial charge in [-0.25, -0.2) is 4.98 Å². The Morgan fingerprint density at radius 1 is 1.04 bits per heavy atom. The standard InChI is InChI=1S/C20H18N2O2S/c1-13(23)16-7-5-8-17(12-16)21-20(24)14(2)25-19-11-10-15-6-3-4-9-18(15)22-19/h3-12,14H,1-2H3,(H,21,24). The van der Waals surface area contributed by atoms with Crippen LogP contribution in [0.2, 0.25) is 0 Å². The normalized spacial score (nSPS) is 11.9. The van der Waals surface area contributed by atoms with Crippen molar-refractivity contribution in [3.8, 4) is 0 Å². The molecule has 3 rings (SSSR count). The molecule has 0 radical (unpaired) electrons. The van der Waals surface area contributed by atoms with E-state index in [-0.39, 0.29) is 16.9 Å². The van der Waals surface area contributed by atoms with E-state index in [1.807, 2.05) is 43.3 Å². The molecule has 1 amide bonds. The van der Waals surface area contributed by atoms with E-state index >= 15 is 0 Å². The van der Waals surface area contributed by atoms with Gasteiger partial charge >= 0.3 is 0 Å². The predicted molar refractivity (Wildman–Crippen MR) is 102 cm³/mol. The molecule has 1 unspecified atom stereocenters. The van der Waals surface area contributed by atoms with Gasteiger partial charge in [-0.05, 0) is 38.1 Å². The van der Waals surface area contributed by atoms with Gasteiger partial charge in [-0.15, -0.1) is 0 Å². The van der Waals surface area contributed by atoms with Gasteiger partial charge in [-0.3, -0.25) is 9.59 Å². The Labute approximate surface area is 150 Å². The summed E-state index contributed by atoms with van der Waals surface area (Å²) in [6.07, 6.45) is 0. The molecule has 1 heterocycles. The summed E-state index contributed by atoms with van der Waals surface area (Å²) in [6, 6.07) is 18.8. The number of carbonyl (C=O) groups excluding carboxylic acids is 2. The first-order valence-corrected chi connectivity index (χ1v) is 8.85. The highest BCUT2D eigenvalue weighted by atomic mass is 32.2. The van der Waals surface area contributed by atoms with Gasteiger partial charge in [-0.2, -0.15) is 0 Å². The lowest BCUT2D eigenvalue weighted by Gasteiger charge is -2.12. The monoisotopic (exact) mass is 350 g/mol. The van der Waals surface area contributed by atoms with Gasteiger partial charge in [-0.1, -0.05) is 48.2 Å². The molecule has 2 aromatic carbocycles. The van der Waals surface area contributed by atoms with Crippen molar-refractivity contribution in [3.05, 3.63) is 66.2 Å². The van der Waals surface area contributed by atoms with E-state index in [4.69, 9.17) is 0 Å². The Morgan fingerprint density at radius 3 is 2.64 bits per heavy atom. The number of nitrogens with zero attached hydrogens (tertiary/aromatic N) is 1. The van der Waals surface area contributed by atoms with Gasteiger partial charge in [0.25, 0.3) is 0 Å². The number of Topliss-reactive ketones (excluding diaryl/α,β-unsaturated/α-hetero) is 1. The minimum absolute atomic E-state index is 0.0288. The van der Waals surface area contributed by atoms with E-state index in [1.54, 1.807) is 24.3 Å². The highest BCUT2D eigenvalue weighted by Crippen LogP contribution is 2.25. The maximum atomic E-state index is 12.4. The highest BCUT2D eigenvalue weighted by Gasteiger charge is 2.16. The topological polar surface area (TPSA) is 59.1 Å². The summed E-state index contributed by atoms with van der Waals surface area (Å²) in [5.74, 6) is -0.153. The number of benzene rings is 2. The van der Waals surface area contributed by atoms with Crippen LogP contribution in [0.25, 0.3) is 10.9 Å². The number of hydrogen-bond acceptors (Lipinski definition) is 4. The number of para-hydroxylation sites is 1. The second-order valence-corrected chi connectivity index (χ2v) is 7.09. The summed E-state index contributed by atoms with van der Waals surface area (Å²) in [5, 5.41) is 4.42. The van der Waals surface area contributed by atoms with Crippen LogP contribution in [0.4, 0.5) is 5.69 Å². The molecule has 0 fully saturated rings. The zero-order valence-corrected chi connectivity index (χ0v) is 14.8. The lowest BCUT2D eigenvalue weighted by atomic mass is 10.1. The molecular formula is C20H18N2O2S. The van der Waals surface area contributed by atoms with Gasteiger partial charge in [0.2, 0.25) is 5.91 Å². The minimum Gasteiger partial charge on any atom is -0.325 e. The van der Waals surface area contributed by atoms with E-state index in [0.717, 1.165) is 15.9 Å². The number of ketones is 1. The average Bonchev–Trinajstić information content (AvgIpc) is 2.61. The third-order valence-corrected chi connectivity index (χ3v) is 4.81. The molecule has 25 heavy (non-hydrogen) atoms. The molecule has 4 nitrogen and oxygen atoms in total. The molecule has 1 atom stereocenters. The number of amides is 1. The van der Waals surface area contributed by atoms with Crippen LogP contribution in [0, 0.1) is 0 Å². The van der Waals surface area contributed by atoms with Crippen molar-refractivity contribution < 1.29 is 9.59 Å². The van der Waals surface area contributed by atoms with Crippen LogP contribution in [0.3, 0.4) is 0 Å².